The second kappa shape index (κ2) is 11.8. The molecular formula is C26H25ClN4O4. The van der Waals surface area contributed by atoms with Crippen molar-refractivity contribution >= 4 is 46.9 Å². The van der Waals surface area contributed by atoms with Gasteiger partial charge in [0.2, 0.25) is 0 Å². The van der Waals surface area contributed by atoms with Crippen molar-refractivity contribution in [3.63, 3.8) is 0 Å². The SMILES string of the molecule is Cc1cc(C)c(NC(=O)COc2ccccc2/C=N\NC(=O)C(=O)Nc2ccccc2Cl)c(C)c1. The Bertz CT molecular complexity index is 1270. The molecule has 0 aliphatic carbocycles. The summed E-state index contributed by atoms with van der Waals surface area (Å²) in [4.78, 5) is 36.5. The summed E-state index contributed by atoms with van der Waals surface area (Å²) >= 11 is 5.98. The van der Waals surface area contributed by atoms with Gasteiger partial charge in [-0.1, -0.05) is 53.6 Å². The Kier molecular flexibility index (Phi) is 8.58. The summed E-state index contributed by atoms with van der Waals surface area (Å²) in [6.07, 6.45) is 1.32. The number of carbonyl (C=O) groups excluding carboxylic acids is 3. The predicted octanol–water partition coefficient (Wildman–Crippen LogP) is 4.37. The Balaban J connectivity index is 1.57. The van der Waals surface area contributed by atoms with E-state index >= 15 is 0 Å². The zero-order valence-electron chi connectivity index (χ0n) is 19.5. The van der Waals surface area contributed by atoms with Crippen molar-refractivity contribution in [3.8, 4) is 5.75 Å². The zero-order chi connectivity index (χ0) is 25.4. The molecule has 0 atom stereocenters. The molecule has 8 nitrogen and oxygen atoms in total. The second-order valence-corrected chi connectivity index (χ2v) is 8.19. The number of para-hydroxylation sites is 2. The number of rotatable bonds is 7. The first-order chi connectivity index (χ1) is 16.7. The number of hydrazone groups is 1. The highest BCUT2D eigenvalue weighted by Gasteiger charge is 2.14. The van der Waals surface area contributed by atoms with Gasteiger partial charge < -0.3 is 15.4 Å². The molecule has 0 unspecified atom stereocenters. The van der Waals surface area contributed by atoms with E-state index in [-0.39, 0.29) is 12.5 Å². The van der Waals surface area contributed by atoms with Gasteiger partial charge in [0.05, 0.1) is 16.9 Å². The van der Waals surface area contributed by atoms with E-state index in [2.05, 4.69) is 21.2 Å². The van der Waals surface area contributed by atoms with E-state index in [9.17, 15) is 14.4 Å². The Morgan fingerprint density at radius 1 is 0.914 bits per heavy atom. The summed E-state index contributed by atoms with van der Waals surface area (Å²) in [7, 11) is 0. The maximum atomic E-state index is 12.5. The molecule has 0 heterocycles. The topological polar surface area (TPSA) is 109 Å². The summed E-state index contributed by atoms with van der Waals surface area (Å²) in [6.45, 7) is 5.65. The van der Waals surface area contributed by atoms with Gasteiger partial charge in [-0.25, -0.2) is 5.43 Å². The van der Waals surface area contributed by atoms with Gasteiger partial charge in [-0.15, -0.1) is 0 Å². The largest absolute Gasteiger partial charge is 0.483 e. The van der Waals surface area contributed by atoms with Gasteiger partial charge in [-0.2, -0.15) is 5.10 Å². The maximum absolute atomic E-state index is 12.5. The van der Waals surface area contributed by atoms with E-state index in [1.54, 1.807) is 48.5 Å². The number of nitrogens with zero attached hydrogens (tertiary/aromatic N) is 1. The van der Waals surface area contributed by atoms with Crippen molar-refractivity contribution in [1.82, 2.24) is 5.43 Å². The fraction of sp³-hybridized carbons (Fsp3) is 0.154. The van der Waals surface area contributed by atoms with Gasteiger partial charge in [-0.05, 0) is 56.2 Å². The lowest BCUT2D eigenvalue weighted by molar-refractivity contribution is -0.136. The Morgan fingerprint density at radius 2 is 1.57 bits per heavy atom. The van der Waals surface area contributed by atoms with Crippen molar-refractivity contribution in [2.45, 2.75) is 20.8 Å². The summed E-state index contributed by atoms with van der Waals surface area (Å²) in [5.74, 6) is -1.81. The van der Waals surface area contributed by atoms with Crippen molar-refractivity contribution < 1.29 is 19.1 Å². The summed E-state index contributed by atoms with van der Waals surface area (Å²) in [5.41, 5.74) is 6.80. The van der Waals surface area contributed by atoms with Crippen LogP contribution in [0.5, 0.6) is 5.75 Å². The normalized spacial score (nSPS) is 10.6. The third-order valence-corrected chi connectivity index (χ3v) is 5.25. The van der Waals surface area contributed by atoms with Gasteiger partial charge in [-0.3, -0.25) is 14.4 Å². The molecule has 0 aromatic heterocycles. The minimum absolute atomic E-state index is 0.218. The zero-order valence-corrected chi connectivity index (χ0v) is 20.3. The molecule has 3 aromatic rings. The third kappa shape index (κ3) is 7.15. The molecule has 0 bridgehead atoms. The van der Waals surface area contributed by atoms with Crippen LogP contribution >= 0.6 is 11.6 Å². The third-order valence-electron chi connectivity index (χ3n) is 4.92. The number of aryl methyl sites for hydroxylation is 3. The van der Waals surface area contributed by atoms with Crippen LogP contribution in [0.15, 0.2) is 65.8 Å². The van der Waals surface area contributed by atoms with Crippen LogP contribution in [0.2, 0.25) is 5.02 Å². The van der Waals surface area contributed by atoms with Crippen LogP contribution in [0.4, 0.5) is 11.4 Å². The van der Waals surface area contributed by atoms with Gasteiger partial charge in [0.25, 0.3) is 5.91 Å². The summed E-state index contributed by atoms with van der Waals surface area (Å²) in [5, 5.41) is 9.41. The number of anilines is 2. The minimum atomic E-state index is -0.970. The number of carbonyl (C=O) groups is 3. The number of hydrogen-bond donors (Lipinski definition) is 3. The van der Waals surface area contributed by atoms with E-state index < -0.39 is 11.8 Å². The molecule has 0 aliphatic rings. The standard InChI is InChI=1S/C26H25ClN4O4/c1-16-12-17(2)24(18(3)13-16)30-23(32)15-35-22-11-7-4-8-19(22)14-28-31-26(34)25(33)29-21-10-6-5-9-20(21)27/h4-14H,15H2,1-3H3,(H,29,33)(H,30,32)(H,31,34)/b28-14-. The van der Waals surface area contributed by atoms with Crippen molar-refractivity contribution in [3.05, 3.63) is 87.9 Å². The molecule has 0 saturated heterocycles. The number of ether oxygens (including phenoxy) is 1. The maximum Gasteiger partial charge on any atom is 0.329 e. The molecule has 0 aliphatic heterocycles. The molecule has 0 radical (unpaired) electrons. The van der Waals surface area contributed by atoms with Crippen LogP contribution in [0.25, 0.3) is 0 Å². The average Bonchev–Trinajstić information content (AvgIpc) is 2.82. The van der Waals surface area contributed by atoms with Crippen LogP contribution in [0.3, 0.4) is 0 Å². The lowest BCUT2D eigenvalue weighted by Crippen LogP contribution is -2.32. The quantitative estimate of drug-likeness (QED) is 0.258. The molecule has 180 valence electrons. The van der Waals surface area contributed by atoms with E-state index in [0.29, 0.717) is 22.0 Å². The molecular weight excluding hydrogens is 468 g/mol. The highest BCUT2D eigenvalue weighted by Crippen LogP contribution is 2.22. The molecule has 0 saturated carbocycles. The van der Waals surface area contributed by atoms with Crippen LogP contribution in [-0.4, -0.2) is 30.5 Å². The number of amides is 3. The first-order valence-electron chi connectivity index (χ1n) is 10.7. The predicted molar refractivity (Wildman–Crippen MR) is 137 cm³/mol. The highest BCUT2D eigenvalue weighted by molar-refractivity contribution is 6.41. The van der Waals surface area contributed by atoms with Crippen molar-refractivity contribution in [1.29, 1.82) is 0 Å². The van der Waals surface area contributed by atoms with E-state index in [1.807, 2.05) is 32.9 Å². The fourth-order valence-corrected chi connectivity index (χ4v) is 3.55. The molecule has 3 amide bonds. The van der Waals surface area contributed by atoms with Gasteiger partial charge in [0.1, 0.15) is 5.75 Å². The van der Waals surface area contributed by atoms with Crippen LogP contribution < -0.4 is 20.8 Å². The van der Waals surface area contributed by atoms with E-state index in [0.717, 1.165) is 22.4 Å². The fourth-order valence-electron chi connectivity index (χ4n) is 3.37. The molecule has 0 spiro atoms. The first kappa shape index (κ1) is 25.5. The molecule has 3 aromatic carbocycles. The second-order valence-electron chi connectivity index (χ2n) is 7.78. The Hall–Kier alpha value is -4.17. The number of halogens is 1. The molecule has 3 N–H and O–H groups in total. The Morgan fingerprint density at radius 3 is 2.29 bits per heavy atom. The van der Waals surface area contributed by atoms with Crippen LogP contribution in [0, 0.1) is 20.8 Å². The summed E-state index contributed by atoms with van der Waals surface area (Å²) < 4.78 is 5.66. The minimum Gasteiger partial charge on any atom is -0.483 e. The molecule has 0 fully saturated rings. The first-order valence-corrected chi connectivity index (χ1v) is 11.1. The Labute approximate surface area is 208 Å². The van der Waals surface area contributed by atoms with Crippen molar-refractivity contribution in [2.24, 2.45) is 5.10 Å². The van der Waals surface area contributed by atoms with Gasteiger partial charge in [0.15, 0.2) is 6.61 Å². The number of benzene rings is 3. The van der Waals surface area contributed by atoms with Crippen LogP contribution in [0.1, 0.15) is 22.3 Å². The van der Waals surface area contributed by atoms with Crippen LogP contribution in [-0.2, 0) is 14.4 Å². The summed E-state index contributed by atoms with van der Waals surface area (Å²) in [6, 6.07) is 17.4. The van der Waals surface area contributed by atoms with Crippen molar-refractivity contribution in [2.75, 3.05) is 17.2 Å². The van der Waals surface area contributed by atoms with Gasteiger partial charge in [0, 0.05) is 11.3 Å². The lowest BCUT2D eigenvalue weighted by atomic mass is 10.1. The number of hydrogen-bond acceptors (Lipinski definition) is 5. The smallest absolute Gasteiger partial charge is 0.329 e. The monoisotopic (exact) mass is 492 g/mol. The lowest BCUT2D eigenvalue weighted by Gasteiger charge is -2.14. The molecule has 9 heteroatoms. The van der Waals surface area contributed by atoms with E-state index in [1.165, 1.54) is 6.21 Å². The highest BCUT2D eigenvalue weighted by atomic mass is 35.5. The van der Waals surface area contributed by atoms with E-state index in [4.69, 9.17) is 16.3 Å². The molecule has 3 rings (SSSR count). The van der Waals surface area contributed by atoms with Gasteiger partial charge >= 0.3 is 11.8 Å². The number of nitrogens with one attached hydrogen (secondary N) is 3. The average molecular weight is 493 g/mol. The molecule has 35 heavy (non-hydrogen) atoms.